The summed E-state index contributed by atoms with van der Waals surface area (Å²) < 4.78 is 5.32. The Hall–Kier alpha value is -0.690. The number of amides is 1. The Bertz CT molecular complexity index is 321. The third-order valence-electron chi connectivity index (χ3n) is 4.29. The SMILES string of the molecule is CN1CCN(C(C)(C)CNC(=O)C2COCCN2)CC1. The third kappa shape index (κ3) is 4.15. The number of hydrogen-bond acceptors (Lipinski definition) is 5. The summed E-state index contributed by atoms with van der Waals surface area (Å²) in [5.41, 5.74) is -0.00750. The fourth-order valence-electron chi connectivity index (χ4n) is 2.68. The average molecular weight is 284 g/mol. The van der Waals surface area contributed by atoms with Crippen LogP contribution in [0.3, 0.4) is 0 Å². The Morgan fingerprint density at radius 2 is 2.05 bits per heavy atom. The van der Waals surface area contributed by atoms with E-state index in [4.69, 9.17) is 4.74 Å². The highest BCUT2D eigenvalue weighted by Gasteiger charge is 2.30. The largest absolute Gasteiger partial charge is 0.378 e. The lowest BCUT2D eigenvalue weighted by atomic mass is 10.0. The minimum atomic E-state index is -0.202. The first-order valence-electron chi connectivity index (χ1n) is 7.51. The van der Waals surface area contributed by atoms with Crippen molar-refractivity contribution < 1.29 is 9.53 Å². The Morgan fingerprint density at radius 3 is 2.65 bits per heavy atom. The molecule has 2 N–H and O–H groups in total. The number of ether oxygens (including phenoxy) is 1. The van der Waals surface area contributed by atoms with Crippen LogP contribution in [0.5, 0.6) is 0 Å². The number of nitrogens with zero attached hydrogens (tertiary/aromatic N) is 2. The maximum absolute atomic E-state index is 12.1. The van der Waals surface area contributed by atoms with E-state index in [0.29, 0.717) is 19.8 Å². The van der Waals surface area contributed by atoms with Crippen LogP contribution in [-0.2, 0) is 9.53 Å². The molecule has 0 aromatic heterocycles. The summed E-state index contributed by atoms with van der Waals surface area (Å²) in [5.74, 6) is 0.0481. The number of morpholine rings is 1. The molecule has 2 fully saturated rings. The molecular weight excluding hydrogens is 256 g/mol. The van der Waals surface area contributed by atoms with Gasteiger partial charge in [-0.1, -0.05) is 0 Å². The second-order valence-corrected chi connectivity index (χ2v) is 6.40. The molecule has 1 unspecified atom stereocenters. The van der Waals surface area contributed by atoms with Crippen LogP contribution in [0.2, 0.25) is 0 Å². The number of carbonyl (C=O) groups is 1. The highest BCUT2D eigenvalue weighted by atomic mass is 16.5. The normalized spacial score (nSPS) is 26.4. The van der Waals surface area contributed by atoms with Crippen molar-refractivity contribution in [1.82, 2.24) is 20.4 Å². The van der Waals surface area contributed by atoms with Gasteiger partial charge in [0.25, 0.3) is 0 Å². The first kappa shape index (κ1) is 15.7. The van der Waals surface area contributed by atoms with Crippen molar-refractivity contribution in [3.05, 3.63) is 0 Å². The van der Waals surface area contributed by atoms with Crippen LogP contribution in [0.25, 0.3) is 0 Å². The van der Waals surface area contributed by atoms with E-state index in [1.54, 1.807) is 0 Å². The Labute approximate surface area is 121 Å². The van der Waals surface area contributed by atoms with E-state index in [1.807, 2.05) is 0 Å². The lowest BCUT2D eigenvalue weighted by molar-refractivity contribution is -0.126. The molecule has 116 valence electrons. The summed E-state index contributed by atoms with van der Waals surface area (Å²) in [5, 5.41) is 6.25. The molecule has 0 aromatic carbocycles. The smallest absolute Gasteiger partial charge is 0.239 e. The third-order valence-corrected chi connectivity index (χ3v) is 4.29. The van der Waals surface area contributed by atoms with Gasteiger partial charge in [-0.25, -0.2) is 0 Å². The van der Waals surface area contributed by atoms with Gasteiger partial charge in [0.1, 0.15) is 6.04 Å². The summed E-state index contributed by atoms with van der Waals surface area (Å²) in [6.45, 7) is 11.3. The van der Waals surface area contributed by atoms with E-state index in [9.17, 15) is 4.79 Å². The van der Waals surface area contributed by atoms with E-state index in [-0.39, 0.29) is 17.5 Å². The van der Waals surface area contributed by atoms with Crippen LogP contribution in [0.1, 0.15) is 13.8 Å². The van der Waals surface area contributed by atoms with Gasteiger partial charge in [0.05, 0.1) is 13.2 Å². The van der Waals surface area contributed by atoms with Gasteiger partial charge >= 0.3 is 0 Å². The van der Waals surface area contributed by atoms with Crippen molar-refractivity contribution >= 4 is 5.91 Å². The van der Waals surface area contributed by atoms with Crippen LogP contribution < -0.4 is 10.6 Å². The minimum absolute atomic E-state index is 0.00750. The molecular formula is C14H28N4O2. The van der Waals surface area contributed by atoms with Crippen LogP contribution in [-0.4, -0.2) is 86.8 Å². The Kier molecular flexibility index (Phi) is 5.37. The molecule has 0 bridgehead atoms. The summed E-state index contributed by atoms with van der Waals surface area (Å²) >= 11 is 0. The molecule has 2 aliphatic heterocycles. The zero-order chi connectivity index (χ0) is 14.6. The van der Waals surface area contributed by atoms with Crippen molar-refractivity contribution in [2.75, 3.05) is 59.5 Å². The van der Waals surface area contributed by atoms with Gasteiger partial charge in [-0.05, 0) is 20.9 Å². The van der Waals surface area contributed by atoms with E-state index < -0.39 is 0 Å². The van der Waals surface area contributed by atoms with Crippen LogP contribution in [0, 0.1) is 0 Å². The number of piperazine rings is 1. The van der Waals surface area contributed by atoms with Gasteiger partial charge in [0.15, 0.2) is 0 Å². The fraction of sp³-hybridized carbons (Fsp3) is 0.929. The monoisotopic (exact) mass is 284 g/mol. The van der Waals surface area contributed by atoms with Gasteiger partial charge in [-0.2, -0.15) is 0 Å². The fourth-order valence-corrected chi connectivity index (χ4v) is 2.68. The van der Waals surface area contributed by atoms with E-state index >= 15 is 0 Å². The number of rotatable bonds is 4. The molecule has 0 spiro atoms. The predicted octanol–water partition coefficient (Wildman–Crippen LogP) is -0.883. The van der Waals surface area contributed by atoms with E-state index in [0.717, 1.165) is 32.7 Å². The Balaban J connectivity index is 1.77. The molecule has 2 saturated heterocycles. The molecule has 2 aliphatic rings. The summed E-state index contributed by atoms with van der Waals surface area (Å²) in [7, 11) is 2.15. The van der Waals surface area contributed by atoms with Gasteiger partial charge < -0.3 is 20.3 Å². The molecule has 2 heterocycles. The summed E-state index contributed by atoms with van der Waals surface area (Å²) in [6.07, 6.45) is 0. The van der Waals surface area contributed by atoms with Crippen LogP contribution in [0.15, 0.2) is 0 Å². The number of hydrogen-bond donors (Lipinski definition) is 2. The lowest BCUT2D eigenvalue weighted by Gasteiger charge is -2.43. The number of nitrogens with one attached hydrogen (secondary N) is 2. The topological polar surface area (TPSA) is 56.8 Å². The molecule has 2 rings (SSSR count). The van der Waals surface area contributed by atoms with Gasteiger partial charge in [-0.3, -0.25) is 9.69 Å². The second kappa shape index (κ2) is 6.85. The quantitative estimate of drug-likeness (QED) is 0.702. The highest BCUT2D eigenvalue weighted by Crippen LogP contribution is 2.15. The number of carbonyl (C=O) groups excluding carboxylic acids is 1. The first-order valence-corrected chi connectivity index (χ1v) is 7.51. The van der Waals surface area contributed by atoms with Crippen molar-refractivity contribution in [3.63, 3.8) is 0 Å². The van der Waals surface area contributed by atoms with E-state index in [2.05, 4.69) is 41.3 Å². The average Bonchev–Trinajstić information content (AvgIpc) is 2.46. The molecule has 20 heavy (non-hydrogen) atoms. The van der Waals surface area contributed by atoms with Crippen LogP contribution in [0.4, 0.5) is 0 Å². The molecule has 6 nitrogen and oxygen atoms in total. The lowest BCUT2D eigenvalue weighted by Crippen LogP contribution is -2.59. The first-order chi connectivity index (χ1) is 9.49. The summed E-state index contributed by atoms with van der Waals surface area (Å²) in [6, 6.07) is -0.202. The minimum Gasteiger partial charge on any atom is -0.378 e. The maximum atomic E-state index is 12.1. The number of likely N-dealkylation sites (N-methyl/N-ethyl adjacent to an activating group) is 1. The molecule has 0 radical (unpaired) electrons. The molecule has 1 amide bonds. The van der Waals surface area contributed by atoms with Crippen molar-refractivity contribution in [2.45, 2.75) is 25.4 Å². The molecule has 6 heteroatoms. The van der Waals surface area contributed by atoms with Crippen molar-refractivity contribution in [3.8, 4) is 0 Å². The Morgan fingerprint density at radius 1 is 1.35 bits per heavy atom. The molecule has 1 atom stereocenters. The highest BCUT2D eigenvalue weighted by molar-refractivity contribution is 5.82. The van der Waals surface area contributed by atoms with Gasteiger partial charge in [-0.15, -0.1) is 0 Å². The summed E-state index contributed by atoms with van der Waals surface area (Å²) in [4.78, 5) is 16.9. The van der Waals surface area contributed by atoms with Crippen LogP contribution >= 0.6 is 0 Å². The predicted molar refractivity (Wildman–Crippen MR) is 78.8 cm³/mol. The van der Waals surface area contributed by atoms with Crippen molar-refractivity contribution in [2.24, 2.45) is 0 Å². The van der Waals surface area contributed by atoms with Gasteiger partial charge in [0, 0.05) is 44.8 Å². The zero-order valence-corrected chi connectivity index (χ0v) is 12.9. The van der Waals surface area contributed by atoms with Gasteiger partial charge in [0.2, 0.25) is 5.91 Å². The molecule has 0 aromatic rings. The zero-order valence-electron chi connectivity index (χ0n) is 12.9. The maximum Gasteiger partial charge on any atom is 0.239 e. The molecule has 0 saturated carbocycles. The van der Waals surface area contributed by atoms with E-state index in [1.165, 1.54) is 0 Å². The van der Waals surface area contributed by atoms with Crippen molar-refractivity contribution in [1.29, 1.82) is 0 Å². The second-order valence-electron chi connectivity index (χ2n) is 6.40. The molecule has 0 aliphatic carbocycles. The standard InChI is InChI=1S/C14H28N4O2/c1-14(2,18-7-5-17(3)6-8-18)11-16-13(19)12-10-20-9-4-15-12/h12,15H,4-11H2,1-3H3,(H,16,19).